The summed E-state index contributed by atoms with van der Waals surface area (Å²) in [4.78, 5) is 9.18. The summed E-state index contributed by atoms with van der Waals surface area (Å²) in [5.41, 5.74) is 1.84. The molecule has 1 aliphatic rings. The van der Waals surface area contributed by atoms with E-state index < -0.39 is 6.10 Å². The van der Waals surface area contributed by atoms with Gasteiger partial charge in [-0.25, -0.2) is 14.5 Å². The van der Waals surface area contributed by atoms with E-state index in [-0.39, 0.29) is 11.5 Å². The number of aliphatic hydroxyl groups is 1. The van der Waals surface area contributed by atoms with Crippen molar-refractivity contribution in [3.8, 4) is 0 Å². The first-order valence-electron chi connectivity index (χ1n) is 8.73. The molecule has 2 aromatic rings. The first-order valence-corrected chi connectivity index (χ1v) is 8.73. The molecule has 0 saturated carbocycles. The highest BCUT2D eigenvalue weighted by Gasteiger charge is 2.30. The fourth-order valence-electron chi connectivity index (χ4n) is 3.10. The molecule has 7 nitrogen and oxygen atoms in total. The van der Waals surface area contributed by atoms with Crippen LogP contribution in [0, 0.1) is 6.92 Å². The summed E-state index contributed by atoms with van der Waals surface area (Å²) >= 11 is 0. The number of nitrogens with one attached hydrogen (secondary N) is 1. The Kier molecular flexibility index (Phi) is 4.73. The van der Waals surface area contributed by atoms with Gasteiger partial charge in [-0.3, -0.25) is 0 Å². The van der Waals surface area contributed by atoms with Crippen molar-refractivity contribution >= 4 is 11.5 Å². The Bertz CT molecular complexity index is 710. The first kappa shape index (κ1) is 17.1. The van der Waals surface area contributed by atoms with Gasteiger partial charge >= 0.3 is 0 Å². The lowest BCUT2D eigenvalue weighted by molar-refractivity contribution is -0.0136. The molecule has 7 heteroatoms. The Balaban J connectivity index is 1.97. The predicted octanol–water partition coefficient (Wildman–Crippen LogP) is 2.07. The van der Waals surface area contributed by atoms with Crippen molar-refractivity contribution in [2.45, 2.75) is 64.5 Å². The molecule has 3 heterocycles. The number of anilines is 1. The van der Waals surface area contributed by atoms with E-state index in [0.29, 0.717) is 19.2 Å². The number of aryl methyl sites for hydroxylation is 1. The molecule has 0 radical (unpaired) electrons. The van der Waals surface area contributed by atoms with Gasteiger partial charge < -0.3 is 15.2 Å². The van der Waals surface area contributed by atoms with Crippen LogP contribution in [0.25, 0.3) is 5.52 Å². The van der Waals surface area contributed by atoms with Crippen LogP contribution in [0.5, 0.6) is 0 Å². The molecule has 132 valence electrons. The summed E-state index contributed by atoms with van der Waals surface area (Å²) in [6.07, 6.45) is 3.98. The Morgan fingerprint density at radius 3 is 2.83 bits per heavy atom. The van der Waals surface area contributed by atoms with E-state index in [1.165, 1.54) is 0 Å². The maximum Gasteiger partial charge on any atom is 0.241 e. The van der Waals surface area contributed by atoms with Gasteiger partial charge in [0.25, 0.3) is 0 Å². The van der Waals surface area contributed by atoms with Crippen LogP contribution in [0.2, 0.25) is 0 Å². The second kappa shape index (κ2) is 6.64. The third-order valence-electron chi connectivity index (χ3n) is 5.32. The van der Waals surface area contributed by atoms with Crippen LogP contribution >= 0.6 is 0 Å². The molecule has 0 unspecified atom stereocenters. The summed E-state index contributed by atoms with van der Waals surface area (Å²) in [6.45, 7) is 9.55. The Morgan fingerprint density at radius 2 is 2.17 bits per heavy atom. The maximum atomic E-state index is 10.0. The van der Waals surface area contributed by atoms with Gasteiger partial charge in [0.1, 0.15) is 11.3 Å². The molecule has 1 fully saturated rings. The summed E-state index contributed by atoms with van der Waals surface area (Å²) < 4.78 is 7.18. The van der Waals surface area contributed by atoms with Crippen molar-refractivity contribution in [2.75, 3.05) is 18.5 Å². The molecule has 2 atom stereocenters. The zero-order valence-corrected chi connectivity index (χ0v) is 14.9. The first-order chi connectivity index (χ1) is 11.5. The van der Waals surface area contributed by atoms with Gasteiger partial charge in [-0.15, -0.1) is 5.10 Å². The van der Waals surface area contributed by atoms with E-state index in [0.717, 1.165) is 36.3 Å². The minimum absolute atomic E-state index is 0.0268. The van der Waals surface area contributed by atoms with Crippen LogP contribution in [-0.2, 0) is 10.2 Å². The normalized spacial score (nSPS) is 22.0. The molecule has 2 N–H and O–H groups in total. The molecule has 24 heavy (non-hydrogen) atoms. The van der Waals surface area contributed by atoms with Crippen molar-refractivity contribution in [2.24, 2.45) is 0 Å². The lowest BCUT2D eigenvalue weighted by Gasteiger charge is -2.28. The van der Waals surface area contributed by atoms with E-state index in [1.807, 2.05) is 11.4 Å². The van der Waals surface area contributed by atoms with Crippen LogP contribution in [0.15, 0.2) is 6.20 Å². The number of ether oxygens (including phenoxy) is 1. The molecule has 0 aliphatic carbocycles. The van der Waals surface area contributed by atoms with Crippen molar-refractivity contribution in [3.05, 3.63) is 17.7 Å². The Morgan fingerprint density at radius 1 is 1.42 bits per heavy atom. The third kappa shape index (κ3) is 2.98. The summed E-state index contributed by atoms with van der Waals surface area (Å²) in [5.74, 6) is 1.49. The topological polar surface area (TPSA) is 84.6 Å². The van der Waals surface area contributed by atoms with E-state index >= 15 is 0 Å². The number of aliphatic hydroxyl groups excluding tert-OH is 1. The van der Waals surface area contributed by atoms with E-state index in [4.69, 9.17) is 9.72 Å². The maximum absolute atomic E-state index is 10.0. The number of nitrogens with zero attached hydrogens (tertiary/aromatic N) is 4. The van der Waals surface area contributed by atoms with Gasteiger partial charge in [0.2, 0.25) is 5.95 Å². The highest BCUT2D eigenvalue weighted by Crippen LogP contribution is 2.31. The monoisotopic (exact) mass is 333 g/mol. The number of aromatic nitrogens is 4. The van der Waals surface area contributed by atoms with Gasteiger partial charge in [0, 0.05) is 12.0 Å². The molecule has 2 aromatic heterocycles. The lowest BCUT2D eigenvalue weighted by atomic mass is 9.84. The fourth-order valence-corrected chi connectivity index (χ4v) is 3.10. The number of hydrogen-bond acceptors (Lipinski definition) is 6. The molecular weight excluding hydrogens is 306 g/mol. The van der Waals surface area contributed by atoms with Gasteiger partial charge in [-0.2, -0.15) is 0 Å². The highest BCUT2D eigenvalue weighted by molar-refractivity contribution is 5.52. The molecule has 1 saturated heterocycles. The molecular formula is C17H27N5O2. The second-order valence-electron chi connectivity index (χ2n) is 6.85. The molecule has 3 rings (SSSR count). The van der Waals surface area contributed by atoms with Crippen LogP contribution < -0.4 is 5.32 Å². The Hall–Kier alpha value is -1.73. The van der Waals surface area contributed by atoms with Gasteiger partial charge in [-0.1, -0.05) is 20.8 Å². The smallest absolute Gasteiger partial charge is 0.241 e. The molecule has 0 aromatic carbocycles. The number of fused-ring (bicyclic) bond motifs is 1. The standard InChI is InChI=1S/C17H27N5O2/c1-5-17(4,6-2)15-19-11(3)13-9-18-16(21-22(13)15)20-12-7-8-24-10-14(12)23/h9,12,14,23H,5-8,10H2,1-4H3,(H,20,21)/t12-,14-/m1/s1. The van der Waals surface area contributed by atoms with Crippen LogP contribution in [0.4, 0.5) is 5.95 Å². The SMILES string of the molecule is CCC(C)(CC)c1nc(C)c2cnc(N[C@@H]3CCOC[C@H]3O)nn12. The van der Waals surface area contributed by atoms with Gasteiger partial charge in [0.15, 0.2) is 0 Å². The lowest BCUT2D eigenvalue weighted by Crippen LogP contribution is -2.42. The second-order valence-corrected chi connectivity index (χ2v) is 6.85. The number of imidazole rings is 1. The fraction of sp³-hybridized carbons (Fsp3) is 0.706. The van der Waals surface area contributed by atoms with Crippen molar-refractivity contribution in [1.29, 1.82) is 0 Å². The van der Waals surface area contributed by atoms with Crippen LogP contribution in [0.3, 0.4) is 0 Å². The van der Waals surface area contributed by atoms with Crippen LogP contribution in [0.1, 0.15) is 51.6 Å². The zero-order valence-electron chi connectivity index (χ0n) is 14.9. The summed E-state index contributed by atoms with van der Waals surface area (Å²) in [6, 6.07) is -0.0898. The number of hydrogen-bond donors (Lipinski definition) is 2. The van der Waals surface area contributed by atoms with Crippen molar-refractivity contribution in [1.82, 2.24) is 19.6 Å². The van der Waals surface area contributed by atoms with Crippen molar-refractivity contribution < 1.29 is 9.84 Å². The molecule has 0 amide bonds. The zero-order chi connectivity index (χ0) is 17.3. The predicted molar refractivity (Wildman–Crippen MR) is 92.3 cm³/mol. The largest absolute Gasteiger partial charge is 0.389 e. The van der Waals surface area contributed by atoms with E-state index in [9.17, 15) is 5.11 Å². The quantitative estimate of drug-likeness (QED) is 0.871. The Labute approximate surface area is 142 Å². The van der Waals surface area contributed by atoms with Gasteiger partial charge in [-0.05, 0) is 26.2 Å². The van der Waals surface area contributed by atoms with E-state index in [2.05, 4.69) is 36.2 Å². The van der Waals surface area contributed by atoms with Crippen molar-refractivity contribution in [3.63, 3.8) is 0 Å². The van der Waals surface area contributed by atoms with E-state index in [1.54, 1.807) is 6.20 Å². The summed E-state index contributed by atoms with van der Waals surface area (Å²) in [5, 5.41) is 18.0. The average Bonchev–Trinajstić information content (AvgIpc) is 2.93. The highest BCUT2D eigenvalue weighted by atomic mass is 16.5. The minimum atomic E-state index is -0.543. The van der Waals surface area contributed by atoms with Crippen LogP contribution in [-0.4, -0.2) is 50.0 Å². The third-order valence-corrected chi connectivity index (χ3v) is 5.32. The minimum Gasteiger partial charge on any atom is -0.389 e. The molecule has 0 spiro atoms. The molecule has 0 bridgehead atoms. The number of rotatable bonds is 5. The van der Waals surface area contributed by atoms with Gasteiger partial charge in [0.05, 0.1) is 30.6 Å². The summed E-state index contributed by atoms with van der Waals surface area (Å²) in [7, 11) is 0. The average molecular weight is 333 g/mol. The molecule has 1 aliphatic heterocycles.